The van der Waals surface area contributed by atoms with E-state index in [0.717, 1.165) is 25.2 Å². The molecule has 26 heavy (non-hydrogen) atoms. The van der Waals surface area contributed by atoms with Gasteiger partial charge in [0.2, 0.25) is 0 Å². The van der Waals surface area contributed by atoms with E-state index >= 15 is 0 Å². The Hall–Kier alpha value is -2.24. The van der Waals surface area contributed by atoms with Crippen LogP contribution in [0.15, 0.2) is 42.6 Å². The molecule has 2 aromatic rings. The van der Waals surface area contributed by atoms with E-state index in [1.807, 2.05) is 4.90 Å². The number of aliphatic hydroxyl groups excluding tert-OH is 1. The van der Waals surface area contributed by atoms with Gasteiger partial charge in [0, 0.05) is 37.8 Å². The number of aryl methyl sites for hydroxylation is 1. The van der Waals surface area contributed by atoms with Gasteiger partial charge in [-0.3, -0.25) is 14.7 Å². The van der Waals surface area contributed by atoms with Gasteiger partial charge in [-0.15, -0.1) is 0 Å². The maximum Gasteiger partial charge on any atom is 0.272 e. The minimum Gasteiger partial charge on any atom is -0.392 e. The Morgan fingerprint density at radius 3 is 2.81 bits per heavy atom. The summed E-state index contributed by atoms with van der Waals surface area (Å²) in [5.41, 5.74) is 3.84. The number of aromatic nitrogens is 1. The highest BCUT2D eigenvalue weighted by molar-refractivity contribution is 5.92. The van der Waals surface area contributed by atoms with Crippen LogP contribution in [0.5, 0.6) is 0 Å². The number of rotatable bonds is 3. The molecule has 1 amide bonds. The molecular weight excluding hydrogens is 326 g/mol. The number of carbonyl (C=O) groups excluding carboxylic acids is 1. The fourth-order valence-electron chi connectivity index (χ4n) is 4.66. The summed E-state index contributed by atoms with van der Waals surface area (Å²) in [4.78, 5) is 21.5. The number of amides is 1. The highest BCUT2D eigenvalue weighted by Gasteiger charge is 2.47. The second-order valence-electron chi connectivity index (χ2n) is 7.58. The summed E-state index contributed by atoms with van der Waals surface area (Å²) in [5, 5.41) is 9.30. The largest absolute Gasteiger partial charge is 0.392 e. The Morgan fingerprint density at radius 2 is 2.04 bits per heavy atom. The SMILES string of the molecule is Cc1ccccc1[C@@H]1[C@@H]2CN(C(=O)c3cc(CO)ccn3)C[C@@H]2CN1C. The average Bonchev–Trinajstić information content (AvgIpc) is 3.18. The first kappa shape index (κ1) is 17.2. The number of fused-ring (bicyclic) bond motifs is 1. The van der Waals surface area contributed by atoms with Gasteiger partial charge in [-0.25, -0.2) is 0 Å². The topological polar surface area (TPSA) is 56.7 Å². The van der Waals surface area contributed by atoms with Gasteiger partial charge < -0.3 is 10.0 Å². The molecule has 0 aliphatic carbocycles. The highest BCUT2D eigenvalue weighted by Crippen LogP contribution is 2.45. The van der Waals surface area contributed by atoms with Crippen molar-refractivity contribution < 1.29 is 9.90 Å². The minimum atomic E-state index is -0.0752. The van der Waals surface area contributed by atoms with Gasteiger partial charge in [-0.2, -0.15) is 0 Å². The van der Waals surface area contributed by atoms with Crippen LogP contribution in [0.25, 0.3) is 0 Å². The first-order valence-corrected chi connectivity index (χ1v) is 9.19. The van der Waals surface area contributed by atoms with Crippen LogP contribution < -0.4 is 0 Å². The number of benzene rings is 1. The van der Waals surface area contributed by atoms with Crippen LogP contribution in [0.4, 0.5) is 0 Å². The van der Waals surface area contributed by atoms with E-state index in [1.54, 1.807) is 18.3 Å². The van der Waals surface area contributed by atoms with Crippen molar-refractivity contribution in [2.45, 2.75) is 19.6 Å². The number of carbonyl (C=O) groups is 1. The van der Waals surface area contributed by atoms with Crippen LogP contribution in [0, 0.1) is 18.8 Å². The molecule has 136 valence electrons. The fourth-order valence-corrected chi connectivity index (χ4v) is 4.66. The second kappa shape index (κ2) is 6.82. The van der Waals surface area contributed by atoms with E-state index in [4.69, 9.17) is 0 Å². The lowest BCUT2D eigenvalue weighted by atomic mass is 9.88. The van der Waals surface area contributed by atoms with Crippen LogP contribution in [-0.4, -0.2) is 52.5 Å². The van der Waals surface area contributed by atoms with Gasteiger partial charge in [-0.1, -0.05) is 24.3 Å². The van der Waals surface area contributed by atoms with Gasteiger partial charge in [0.25, 0.3) is 5.91 Å². The predicted octanol–water partition coefficient (Wildman–Crippen LogP) is 2.26. The van der Waals surface area contributed by atoms with E-state index < -0.39 is 0 Å². The van der Waals surface area contributed by atoms with Crippen molar-refractivity contribution >= 4 is 5.91 Å². The van der Waals surface area contributed by atoms with Crippen molar-refractivity contribution in [2.75, 3.05) is 26.7 Å². The predicted molar refractivity (Wildman–Crippen MR) is 99.6 cm³/mol. The molecule has 1 aromatic carbocycles. The molecule has 0 saturated carbocycles. The van der Waals surface area contributed by atoms with E-state index in [1.165, 1.54) is 11.1 Å². The van der Waals surface area contributed by atoms with Gasteiger partial charge in [0.15, 0.2) is 0 Å². The van der Waals surface area contributed by atoms with Crippen molar-refractivity contribution in [3.63, 3.8) is 0 Å². The summed E-state index contributed by atoms with van der Waals surface area (Å²) >= 11 is 0. The summed E-state index contributed by atoms with van der Waals surface area (Å²) in [7, 11) is 2.19. The molecule has 5 nitrogen and oxygen atoms in total. The Kier molecular flexibility index (Phi) is 4.51. The molecule has 5 heteroatoms. The first-order valence-electron chi connectivity index (χ1n) is 9.19. The third-order valence-corrected chi connectivity index (χ3v) is 5.91. The molecular formula is C21H25N3O2. The quantitative estimate of drug-likeness (QED) is 0.922. The van der Waals surface area contributed by atoms with Gasteiger partial charge in [0.05, 0.1) is 6.61 Å². The van der Waals surface area contributed by atoms with Crippen LogP contribution in [0.3, 0.4) is 0 Å². The third-order valence-electron chi connectivity index (χ3n) is 5.91. The summed E-state index contributed by atoms with van der Waals surface area (Å²) in [6.45, 7) is 4.64. The molecule has 2 aliphatic heterocycles. The Morgan fingerprint density at radius 1 is 1.23 bits per heavy atom. The Bertz CT molecular complexity index is 822. The molecule has 0 bridgehead atoms. The molecule has 2 aliphatic rings. The summed E-state index contributed by atoms with van der Waals surface area (Å²) in [5.74, 6) is 0.918. The van der Waals surface area contributed by atoms with Gasteiger partial charge >= 0.3 is 0 Å². The monoisotopic (exact) mass is 351 g/mol. The Balaban J connectivity index is 1.56. The minimum absolute atomic E-state index is 0.0270. The number of hydrogen-bond acceptors (Lipinski definition) is 4. The molecule has 0 spiro atoms. The van der Waals surface area contributed by atoms with Crippen molar-refractivity contribution in [3.05, 3.63) is 65.0 Å². The van der Waals surface area contributed by atoms with E-state index in [2.05, 4.69) is 48.1 Å². The summed E-state index contributed by atoms with van der Waals surface area (Å²) in [6.07, 6.45) is 1.60. The van der Waals surface area contributed by atoms with Crippen molar-refractivity contribution in [3.8, 4) is 0 Å². The van der Waals surface area contributed by atoms with Crippen molar-refractivity contribution in [2.24, 2.45) is 11.8 Å². The molecule has 3 heterocycles. The molecule has 1 N–H and O–H groups in total. The van der Waals surface area contributed by atoms with E-state index in [9.17, 15) is 9.90 Å². The smallest absolute Gasteiger partial charge is 0.272 e. The normalized spacial score (nSPS) is 25.5. The molecule has 1 aromatic heterocycles. The molecule has 2 saturated heterocycles. The number of hydrogen-bond donors (Lipinski definition) is 1. The first-order chi connectivity index (χ1) is 12.6. The summed E-state index contributed by atoms with van der Waals surface area (Å²) in [6, 6.07) is 12.4. The van der Waals surface area contributed by atoms with E-state index in [0.29, 0.717) is 23.6 Å². The van der Waals surface area contributed by atoms with Crippen LogP contribution in [-0.2, 0) is 6.61 Å². The zero-order chi connectivity index (χ0) is 18.3. The molecule has 4 rings (SSSR count). The number of aliphatic hydroxyl groups is 1. The lowest BCUT2D eigenvalue weighted by Crippen LogP contribution is -2.34. The number of pyridine rings is 1. The highest BCUT2D eigenvalue weighted by atomic mass is 16.3. The molecule has 3 atom stereocenters. The average molecular weight is 351 g/mol. The van der Waals surface area contributed by atoms with Gasteiger partial charge in [-0.05, 0) is 48.7 Å². The summed E-state index contributed by atoms with van der Waals surface area (Å²) < 4.78 is 0. The fraction of sp³-hybridized carbons (Fsp3) is 0.429. The van der Waals surface area contributed by atoms with Crippen molar-refractivity contribution in [1.82, 2.24) is 14.8 Å². The number of likely N-dealkylation sites (tertiary alicyclic amines) is 2. The molecule has 0 radical (unpaired) electrons. The number of nitrogens with zero attached hydrogens (tertiary/aromatic N) is 3. The lowest BCUT2D eigenvalue weighted by molar-refractivity contribution is 0.0762. The maximum absolute atomic E-state index is 12.9. The molecule has 2 fully saturated rings. The van der Waals surface area contributed by atoms with Gasteiger partial charge in [0.1, 0.15) is 5.69 Å². The van der Waals surface area contributed by atoms with Crippen LogP contribution in [0.2, 0.25) is 0 Å². The van der Waals surface area contributed by atoms with Crippen molar-refractivity contribution in [1.29, 1.82) is 0 Å². The zero-order valence-electron chi connectivity index (χ0n) is 15.3. The maximum atomic E-state index is 12.9. The molecule has 0 unspecified atom stereocenters. The van der Waals surface area contributed by atoms with Crippen LogP contribution in [0.1, 0.15) is 33.2 Å². The Labute approximate surface area is 154 Å². The zero-order valence-corrected chi connectivity index (χ0v) is 15.3. The van der Waals surface area contributed by atoms with Crippen LogP contribution >= 0.6 is 0 Å². The third kappa shape index (κ3) is 2.91. The lowest BCUT2D eigenvalue weighted by Gasteiger charge is -2.28. The second-order valence-corrected chi connectivity index (χ2v) is 7.58. The standard InChI is InChI=1S/C21H25N3O2/c1-14-5-3-4-6-17(14)20-18-12-24(11-16(18)10-23(20)2)21(26)19-9-15(13-25)7-8-22-19/h3-9,16,18,20,25H,10-13H2,1-2H3/t16-,18+,20+/m0/s1. The van der Waals surface area contributed by atoms with E-state index in [-0.39, 0.29) is 12.5 Å².